The maximum absolute atomic E-state index is 5.19. The normalized spacial score (nSPS) is 10.4. The number of rotatable bonds is 1. The molecular formula is C10H11N3S. The maximum atomic E-state index is 5.19. The summed E-state index contributed by atoms with van der Waals surface area (Å²) in [4.78, 5) is 7.17. The van der Waals surface area contributed by atoms with Gasteiger partial charge < -0.3 is 4.98 Å². The quantitative estimate of drug-likeness (QED) is 0.726. The van der Waals surface area contributed by atoms with Crippen LogP contribution in [0.2, 0.25) is 0 Å². The minimum atomic E-state index is 0.707. The number of aromatic nitrogens is 3. The molecule has 0 fully saturated rings. The highest BCUT2D eigenvalue weighted by molar-refractivity contribution is 7.71. The molecule has 0 saturated heterocycles. The Morgan fingerprint density at radius 2 is 2.21 bits per heavy atom. The Bertz CT molecular complexity index is 510. The highest BCUT2D eigenvalue weighted by Gasteiger charge is 2.02. The zero-order chi connectivity index (χ0) is 10.1. The molecule has 2 aromatic heterocycles. The number of aromatic amines is 1. The average molecular weight is 205 g/mol. The van der Waals surface area contributed by atoms with E-state index < -0.39 is 0 Å². The highest BCUT2D eigenvalue weighted by atomic mass is 32.1. The van der Waals surface area contributed by atoms with E-state index in [-0.39, 0.29) is 0 Å². The molecule has 0 amide bonds. The van der Waals surface area contributed by atoms with E-state index in [1.54, 1.807) is 6.20 Å². The van der Waals surface area contributed by atoms with Crippen LogP contribution in [-0.4, -0.2) is 14.5 Å². The van der Waals surface area contributed by atoms with Gasteiger partial charge in [0.25, 0.3) is 0 Å². The van der Waals surface area contributed by atoms with E-state index in [0.717, 1.165) is 16.9 Å². The van der Waals surface area contributed by atoms with Crippen molar-refractivity contribution < 1.29 is 0 Å². The first-order chi connectivity index (χ1) is 6.68. The number of pyridine rings is 1. The first-order valence-electron chi connectivity index (χ1n) is 4.38. The molecule has 0 aromatic carbocycles. The van der Waals surface area contributed by atoms with Crippen molar-refractivity contribution in [3.63, 3.8) is 0 Å². The molecule has 1 N–H and O–H groups in total. The van der Waals surface area contributed by atoms with E-state index in [9.17, 15) is 0 Å². The van der Waals surface area contributed by atoms with Crippen LogP contribution in [0.4, 0.5) is 0 Å². The van der Waals surface area contributed by atoms with Crippen molar-refractivity contribution in [2.45, 2.75) is 13.8 Å². The van der Waals surface area contributed by atoms with Crippen LogP contribution < -0.4 is 0 Å². The minimum absolute atomic E-state index is 0.707. The summed E-state index contributed by atoms with van der Waals surface area (Å²) in [6.07, 6.45) is 5.58. The van der Waals surface area contributed by atoms with Gasteiger partial charge in [-0.05, 0) is 37.7 Å². The van der Waals surface area contributed by atoms with Gasteiger partial charge in [0.2, 0.25) is 0 Å². The van der Waals surface area contributed by atoms with Gasteiger partial charge in [-0.1, -0.05) is 0 Å². The van der Waals surface area contributed by atoms with Crippen LogP contribution in [0.5, 0.6) is 0 Å². The van der Waals surface area contributed by atoms with Gasteiger partial charge in [0.1, 0.15) is 0 Å². The number of aryl methyl sites for hydroxylation is 2. The van der Waals surface area contributed by atoms with Crippen LogP contribution in [0.15, 0.2) is 24.7 Å². The summed E-state index contributed by atoms with van der Waals surface area (Å²) in [5.74, 6) is 0. The third-order valence-corrected chi connectivity index (χ3v) is 2.42. The molecule has 0 spiro atoms. The van der Waals surface area contributed by atoms with Crippen molar-refractivity contribution in [1.82, 2.24) is 14.5 Å². The summed E-state index contributed by atoms with van der Waals surface area (Å²) in [7, 11) is 0. The lowest BCUT2D eigenvalue weighted by Crippen LogP contribution is -1.95. The number of nitrogens with one attached hydrogen (secondary N) is 1. The number of hydrogen-bond acceptors (Lipinski definition) is 2. The van der Waals surface area contributed by atoms with Crippen LogP contribution in [0.3, 0.4) is 0 Å². The second kappa shape index (κ2) is 3.38. The van der Waals surface area contributed by atoms with E-state index in [0.29, 0.717) is 4.77 Å². The van der Waals surface area contributed by atoms with Crippen molar-refractivity contribution in [3.05, 3.63) is 40.7 Å². The van der Waals surface area contributed by atoms with Gasteiger partial charge in [-0.25, -0.2) is 0 Å². The molecule has 0 atom stereocenters. The SMILES string of the molecule is Cc1cn(-c2cnccc2C)c(=S)[nH]1. The average Bonchev–Trinajstić information content (AvgIpc) is 2.46. The summed E-state index contributed by atoms with van der Waals surface area (Å²) in [6.45, 7) is 4.03. The first-order valence-corrected chi connectivity index (χ1v) is 4.78. The van der Waals surface area contributed by atoms with Gasteiger partial charge >= 0.3 is 0 Å². The molecule has 2 heterocycles. The standard InChI is InChI=1S/C10H11N3S/c1-7-3-4-11-5-9(7)13-6-8(2)12-10(13)14/h3-6H,1-2H3,(H,12,14). The van der Waals surface area contributed by atoms with Crippen LogP contribution in [0.25, 0.3) is 5.69 Å². The molecule has 0 aliphatic rings. The Hall–Kier alpha value is -1.42. The Kier molecular flexibility index (Phi) is 2.21. The van der Waals surface area contributed by atoms with Crippen LogP contribution in [0.1, 0.15) is 11.3 Å². The number of hydrogen-bond donors (Lipinski definition) is 1. The fraction of sp³-hybridized carbons (Fsp3) is 0.200. The topological polar surface area (TPSA) is 33.6 Å². The summed E-state index contributed by atoms with van der Waals surface area (Å²) in [5, 5.41) is 0. The summed E-state index contributed by atoms with van der Waals surface area (Å²) >= 11 is 5.19. The lowest BCUT2D eigenvalue weighted by atomic mass is 10.2. The number of H-pyrrole nitrogens is 1. The van der Waals surface area contributed by atoms with E-state index in [1.165, 1.54) is 0 Å². The van der Waals surface area contributed by atoms with Crippen molar-refractivity contribution in [2.75, 3.05) is 0 Å². The number of imidazole rings is 1. The second-order valence-corrected chi connectivity index (χ2v) is 3.66. The third kappa shape index (κ3) is 1.48. The van der Waals surface area contributed by atoms with Gasteiger partial charge in [-0.2, -0.15) is 0 Å². The van der Waals surface area contributed by atoms with Gasteiger partial charge in [-0.15, -0.1) is 0 Å². The molecule has 3 nitrogen and oxygen atoms in total. The van der Waals surface area contributed by atoms with Crippen LogP contribution in [0, 0.1) is 18.6 Å². The van der Waals surface area contributed by atoms with Crippen LogP contribution in [-0.2, 0) is 0 Å². The molecule has 4 heteroatoms. The Labute approximate surface area is 87.4 Å². The van der Waals surface area contributed by atoms with Gasteiger partial charge in [0.05, 0.1) is 11.9 Å². The summed E-state index contributed by atoms with van der Waals surface area (Å²) in [6, 6.07) is 1.97. The first kappa shape index (κ1) is 9.15. The molecule has 2 rings (SSSR count). The smallest absolute Gasteiger partial charge is 0.182 e. The molecule has 0 aliphatic heterocycles. The molecule has 72 valence electrons. The molecule has 2 aromatic rings. The fourth-order valence-electron chi connectivity index (χ4n) is 1.40. The largest absolute Gasteiger partial charge is 0.335 e. The Morgan fingerprint density at radius 3 is 2.79 bits per heavy atom. The van der Waals surface area contributed by atoms with E-state index in [1.807, 2.05) is 36.9 Å². The third-order valence-electron chi connectivity index (χ3n) is 2.12. The lowest BCUT2D eigenvalue weighted by molar-refractivity contribution is 1.00. The van der Waals surface area contributed by atoms with Crippen LogP contribution >= 0.6 is 12.2 Å². The predicted molar refractivity (Wildman–Crippen MR) is 58.2 cm³/mol. The monoisotopic (exact) mass is 205 g/mol. The van der Waals surface area contributed by atoms with Crippen molar-refractivity contribution in [2.24, 2.45) is 0 Å². The van der Waals surface area contributed by atoms with Crippen molar-refractivity contribution >= 4 is 12.2 Å². The molecule has 0 radical (unpaired) electrons. The number of nitrogens with zero attached hydrogens (tertiary/aromatic N) is 2. The lowest BCUT2D eigenvalue weighted by Gasteiger charge is -2.04. The molecular weight excluding hydrogens is 194 g/mol. The fourth-order valence-corrected chi connectivity index (χ4v) is 1.71. The molecule has 0 bridgehead atoms. The zero-order valence-electron chi connectivity index (χ0n) is 8.11. The molecule has 14 heavy (non-hydrogen) atoms. The molecule has 0 aliphatic carbocycles. The maximum Gasteiger partial charge on any atom is 0.182 e. The predicted octanol–water partition coefficient (Wildman–Crippen LogP) is 2.55. The second-order valence-electron chi connectivity index (χ2n) is 3.27. The Balaban J connectivity index is 2.66. The molecule has 0 saturated carbocycles. The highest BCUT2D eigenvalue weighted by Crippen LogP contribution is 2.12. The van der Waals surface area contributed by atoms with Gasteiger partial charge in [0, 0.05) is 18.1 Å². The van der Waals surface area contributed by atoms with E-state index in [2.05, 4.69) is 9.97 Å². The van der Waals surface area contributed by atoms with Crippen molar-refractivity contribution in [3.8, 4) is 5.69 Å². The van der Waals surface area contributed by atoms with E-state index in [4.69, 9.17) is 12.2 Å². The summed E-state index contributed by atoms with van der Waals surface area (Å²) < 4.78 is 2.64. The zero-order valence-corrected chi connectivity index (χ0v) is 8.93. The van der Waals surface area contributed by atoms with Gasteiger partial charge in [0.15, 0.2) is 4.77 Å². The molecule has 0 unspecified atom stereocenters. The summed E-state index contributed by atoms with van der Waals surface area (Å²) in [5.41, 5.74) is 3.25. The minimum Gasteiger partial charge on any atom is -0.335 e. The van der Waals surface area contributed by atoms with Crippen molar-refractivity contribution in [1.29, 1.82) is 0 Å². The Morgan fingerprint density at radius 1 is 1.43 bits per heavy atom. The van der Waals surface area contributed by atoms with E-state index >= 15 is 0 Å². The van der Waals surface area contributed by atoms with Gasteiger partial charge in [-0.3, -0.25) is 9.55 Å².